The predicted molar refractivity (Wildman–Crippen MR) is 236 cm³/mol. The van der Waals surface area contributed by atoms with E-state index < -0.39 is 0 Å². The van der Waals surface area contributed by atoms with E-state index in [1.165, 1.54) is 61.0 Å². The van der Waals surface area contributed by atoms with Crippen LogP contribution in [0.2, 0.25) is 0 Å². The van der Waals surface area contributed by atoms with Crippen molar-refractivity contribution < 1.29 is 24.5 Å². The maximum Gasteiger partial charge on any atom is 3.00 e. The van der Waals surface area contributed by atoms with E-state index in [1.54, 1.807) is 0 Å². The molecule has 1 aliphatic rings. The summed E-state index contributed by atoms with van der Waals surface area (Å²) in [6, 6.07) is 49.3. The Balaban J connectivity index is 0.000000218. The number of pyridine rings is 2. The van der Waals surface area contributed by atoms with Gasteiger partial charge in [-0.05, 0) is 132 Å². The number of aryl methyl sites for hydroxylation is 6. The molecule has 0 N–H and O–H groups in total. The van der Waals surface area contributed by atoms with E-state index in [0.717, 1.165) is 50.1 Å². The van der Waals surface area contributed by atoms with Crippen LogP contribution in [0.3, 0.4) is 0 Å². The fourth-order valence-electron chi connectivity index (χ4n) is 8.16. The van der Waals surface area contributed by atoms with E-state index in [-0.39, 0.29) is 26.3 Å². The predicted octanol–water partition coefficient (Wildman–Crippen LogP) is 13.8. The number of anilines is 1. The summed E-state index contributed by atoms with van der Waals surface area (Å²) in [5.41, 5.74) is 18.6. The van der Waals surface area contributed by atoms with Gasteiger partial charge in [0.05, 0.1) is 5.58 Å². The van der Waals surface area contributed by atoms with E-state index in [4.69, 9.17) is 14.7 Å². The third kappa shape index (κ3) is 7.08. The van der Waals surface area contributed by atoms with Gasteiger partial charge >= 0.3 is 20.1 Å². The van der Waals surface area contributed by atoms with Gasteiger partial charge in [0.15, 0.2) is 0 Å². The van der Waals surface area contributed by atoms with Gasteiger partial charge in [-0.3, -0.25) is 0 Å². The number of hydrogen-bond acceptors (Lipinski definition) is 4. The number of aromatic nitrogens is 2. The van der Waals surface area contributed by atoms with Crippen molar-refractivity contribution in [3.05, 3.63) is 184 Å². The normalized spacial score (nSPS) is 13.2. The van der Waals surface area contributed by atoms with Crippen LogP contribution in [0.25, 0.3) is 71.7 Å². The van der Waals surface area contributed by atoms with Crippen LogP contribution in [0.1, 0.15) is 45.2 Å². The molecule has 0 saturated heterocycles. The van der Waals surface area contributed by atoms with Gasteiger partial charge in [-0.25, -0.2) is 4.98 Å². The molecule has 58 heavy (non-hydrogen) atoms. The molecule has 5 nitrogen and oxygen atoms in total. The van der Waals surface area contributed by atoms with Crippen molar-refractivity contribution in [2.24, 2.45) is 0 Å². The number of hydrogen-bond donors (Lipinski definition) is 0. The van der Waals surface area contributed by atoms with Crippen LogP contribution >= 0.6 is 0 Å². The number of rotatable bonds is 4. The van der Waals surface area contributed by atoms with E-state index in [1.807, 2.05) is 49.5 Å². The zero-order valence-corrected chi connectivity index (χ0v) is 36.1. The van der Waals surface area contributed by atoms with Crippen molar-refractivity contribution in [1.29, 1.82) is 0 Å². The number of para-hydroxylation sites is 2. The molecule has 0 fully saturated rings. The molecule has 9 aromatic rings. The first-order valence-corrected chi connectivity index (χ1v) is 19.4. The number of benzene rings is 6. The van der Waals surface area contributed by atoms with E-state index in [0.29, 0.717) is 5.71 Å². The Kier molecular flexibility index (Phi) is 10.5. The van der Waals surface area contributed by atoms with Gasteiger partial charge in [0.1, 0.15) is 0 Å². The molecular weight excluding hydrogens is 889 g/mol. The van der Waals surface area contributed by atoms with Gasteiger partial charge < -0.3 is 19.6 Å². The zero-order valence-electron chi connectivity index (χ0n) is 33.7. The maximum atomic E-state index is 6.26. The summed E-state index contributed by atoms with van der Waals surface area (Å²) in [6.07, 6.45) is 2.02. The summed E-state index contributed by atoms with van der Waals surface area (Å²) < 4.78 is 6.26. The second-order valence-corrected chi connectivity index (χ2v) is 15.3. The molecular formula is C52H43IrN4O. The average Bonchev–Trinajstić information content (AvgIpc) is 3.75. The monoisotopic (exact) mass is 932 g/mol. The fourth-order valence-corrected chi connectivity index (χ4v) is 8.16. The Morgan fingerprint density at radius 3 is 2.26 bits per heavy atom. The summed E-state index contributed by atoms with van der Waals surface area (Å²) in [4.78, 5) is 11.6. The maximum absolute atomic E-state index is 6.26. The molecule has 0 bridgehead atoms. The first-order chi connectivity index (χ1) is 27.6. The minimum Gasteiger partial charge on any atom is -0.661 e. The molecule has 0 amide bonds. The Morgan fingerprint density at radius 2 is 1.48 bits per heavy atom. The Bertz CT molecular complexity index is 2960. The van der Waals surface area contributed by atoms with Crippen LogP contribution in [0, 0.1) is 53.7 Å². The molecule has 286 valence electrons. The third-order valence-corrected chi connectivity index (χ3v) is 11.2. The Labute approximate surface area is 354 Å². The van der Waals surface area contributed by atoms with Crippen LogP contribution in [-0.2, 0) is 20.1 Å². The van der Waals surface area contributed by atoms with Crippen molar-refractivity contribution >= 4 is 44.2 Å². The first-order valence-electron chi connectivity index (χ1n) is 19.4. The van der Waals surface area contributed by atoms with Gasteiger partial charge in [-0.15, -0.1) is 23.9 Å². The quantitative estimate of drug-likeness (QED) is 0.165. The molecule has 0 radical (unpaired) electrons. The van der Waals surface area contributed by atoms with Crippen molar-refractivity contribution in [2.75, 3.05) is 11.9 Å². The standard InChI is InChI=1S/C37H29N2O.C15H14N2.Ir/c1-21-8-6-9-22(2)35(21)27-14-13-26-18-32(23(3)16-28(26)17-27)33-19-34(38-20-24(33)4)31-11-7-10-29-30-15-12-25(5)39-37(30)40-36(29)31;1-11-7-9-12(10-8-11)15-16-13-5-3-4-6-14(13)17(15)2;/h6-10,12-20H,1-5H3;3-9,15H,1-2H3;/q-1;-2;+3. The number of furan rings is 1. The Morgan fingerprint density at radius 1 is 0.690 bits per heavy atom. The van der Waals surface area contributed by atoms with E-state index in [2.05, 4.69) is 149 Å². The second-order valence-electron chi connectivity index (χ2n) is 15.3. The fraction of sp³-hybridized carbons (Fsp3) is 0.154. The molecule has 0 aliphatic carbocycles. The zero-order chi connectivity index (χ0) is 39.4. The molecule has 6 heteroatoms. The molecule has 10 rings (SSSR count). The molecule has 3 aromatic heterocycles. The largest absolute Gasteiger partial charge is 3.00 e. The summed E-state index contributed by atoms with van der Waals surface area (Å²) in [6.45, 7) is 12.7. The Hall–Kier alpha value is -6.07. The van der Waals surface area contributed by atoms with Gasteiger partial charge in [0.25, 0.3) is 0 Å². The van der Waals surface area contributed by atoms with Crippen molar-refractivity contribution in [2.45, 2.75) is 47.7 Å². The minimum absolute atomic E-state index is 0. The van der Waals surface area contributed by atoms with E-state index >= 15 is 0 Å². The van der Waals surface area contributed by atoms with Crippen molar-refractivity contribution in [3.8, 4) is 33.5 Å². The van der Waals surface area contributed by atoms with Gasteiger partial charge in [0.2, 0.25) is 5.71 Å². The SMILES string of the molecule is Cc1c[c-]c(C2[N-]c3ccccc3N2C)cc1.Cc1ccc2c(n1)oc1c(-c3cc(-c4cc5ccc(-c6c(C)cccc6C)cc5cc4C)c(C)cn3)[c-]ccc12.[Ir+3]. The van der Waals surface area contributed by atoms with Crippen LogP contribution in [0.15, 0.2) is 132 Å². The summed E-state index contributed by atoms with van der Waals surface area (Å²) in [5.74, 6) is 0. The minimum atomic E-state index is 0. The topological polar surface area (TPSA) is 56.3 Å². The van der Waals surface area contributed by atoms with Crippen LogP contribution in [0.4, 0.5) is 11.4 Å². The summed E-state index contributed by atoms with van der Waals surface area (Å²) in [5, 5.41) is 9.23. The molecule has 1 unspecified atom stereocenters. The molecule has 0 spiro atoms. The number of fused-ring (bicyclic) bond motifs is 5. The second kappa shape index (κ2) is 15.7. The summed E-state index contributed by atoms with van der Waals surface area (Å²) >= 11 is 0. The third-order valence-electron chi connectivity index (χ3n) is 11.2. The molecule has 4 heterocycles. The summed E-state index contributed by atoms with van der Waals surface area (Å²) in [7, 11) is 2.08. The molecule has 1 atom stereocenters. The van der Waals surface area contributed by atoms with Gasteiger partial charge in [-0.2, -0.15) is 35.4 Å². The van der Waals surface area contributed by atoms with Crippen LogP contribution in [-0.4, -0.2) is 17.0 Å². The molecule has 0 saturated carbocycles. The van der Waals surface area contributed by atoms with Crippen LogP contribution in [0.5, 0.6) is 0 Å². The van der Waals surface area contributed by atoms with Crippen molar-refractivity contribution in [1.82, 2.24) is 9.97 Å². The molecule has 6 aromatic carbocycles. The van der Waals surface area contributed by atoms with Crippen molar-refractivity contribution in [3.63, 3.8) is 0 Å². The van der Waals surface area contributed by atoms with Gasteiger partial charge in [-0.1, -0.05) is 78.5 Å². The van der Waals surface area contributed by atoms with Crippen LogP contribution < -0.4 is 4.90 Å². The number of nitrogens with zero attached hydrogens (tertiary/aromatic N) is 4. The first kappa shape index (κ1) is 38.8. The molecule has 1 aliphatic heterocycles. The van der Waals surface area contributed by atoms with Gasteiger partial charge in [0, 0.05) is 30.0 Å². The smallest absolute Gasteiger partial charge is 0.661 e. The average molecular weight is 932 g/mol. The van der Waals surface area contributed by atoms with E-state index in [9.17, 15) is 0 Å².